The second-order valence-corrected chi connectivity index (χ2v) is 11.9. The van der Waals surface area contributed by atoms with Crippen LogP contribution in [0.15, 0.2) is 58.3 Å². The molecule has 0 N–H and O–H groups in total. The molecular formula is C23H28O6S2. The summed E-state index contributed by atoms with van der Waals surface area (Å²) in [5, 5.41) is 0. The van der Waals surface area contributed by atoms with Crippen molar-refractivity contribution in [2.24, 2.45) is 11.8 Å². The van der Waals surface area contributed by atoms with E-state index in [9.17, 15) is 16.8 Å². The van der Waals surface area contributed by atoms with E-state index in [1.165, 1.54) is 0 Å². The van der Waals surface area contributed by atoms with Gasteiger partial charge in [0.1, 0.15) is 0 Å². The Labute approximate surface area is 184 Å². The van der Waals surface area contributed by atoms with Gasteiger partial charge >= 0.3 is 0 Å². The van der Waals surface area contributed by atoms with Crippen molar-refractivity contribution in [1.82, 2.24) is 0 Å². The minimum absolute atomic E-state index is 0.0842. The first kappa shape index (κ1) is 22.5. The van der Waals surface area contributed by atoms with Crippen LogP contribution in [0, 0.1) is 25.7 Å². The van der Waals surface area contributed by atoms with Crippen LogP contribution in [-0.4, -0.2) is 29.0 Å². The number of benzene rings is 2. The molecule has 8 heteroatoms. The first-order valence-electron chi connectivity index (χ1n) is 10.6. The monoisotopic (exact) mass is 464 g/mol. The summed E-state index contributed by atoms with van der Waals surface area (Å²) in [6.45, 7) is 3.80. The molecule has 0 saturated heterocycles. The summed E-state index contributed by atoms with van der Waals surface area (Å²) in [5.74, 6) is 0.168. The quantitative estimate of drug-likeness (QED) is 0.591. The van der Waals surface area contributed by atoms with Gasteiger partial charge in [-0.15, -0.1) is 0 Å². The molecule has 4 atom stereocenters. The van der Waals surface area contributed by atoms with Gasteiger partial charge in [0.25, 0.3) is 20.2 Å². The second-order valence-electron chi connectivity index (χ2n) is 8.71. The van der Waals surface area contributed by atoms with Crippen LogP contribution in [0.25, 0.3) is 0 Å². The van der Waals surface area contributed by atoms with Crippen molar-refractivity contribution in [2.45, 2.75) is 68.0 Å². The highest BCUT2D eigenvalue weighted by atomic mass is 32.2. The van der Waals surface area contributed by atoms with Crippen molar-refractivity contribution >= 4 is 20.2 Å². The lowest BCUT2D eigenvalue weighted by Crippen LogP contribution is -2.43. The SMILES string of the molecule is Cc1ccc(S(=O)(=O)O[C@@H]2CC[C@H]3C[C@H]2CC[C@H]3OS(=O)(=O)c2ccc(C)cc2)cc1. The van der Waals surface area contributed by atoms with Crippen LogP contribution in [0.5, 0.6) is 0 Å². The van der Waals surface area contributed by atoms with Crippen molar-refractivity contribution in [1.29, 1.82) is 0 Å². The molecule has 0 spiro atoms. The van der Waals surface area contributed by atoms with Crippen LogP contribution in [0.4, 0.5) is 0 Å². The standard InChI is InChI=1S/C23H28O6S2/c1-16-3-9-20(10-4-16)30(24,25)28-22-13-7-19-15-18(22)8-14-23(19)29-31(26,27)21-11-5-17(2)6-12-21/h3-6,9-12,18-19,22-23H,7-8,13-15H2,1-2H3/t18-,19+,22-,23-/m1/s1. The minimum atomic E-state index is -3.82. The average Bonchev–Trinajstić information content (AvgIpc) is 2.72. The second kappa shape index (κ2) is 8.65. The highest BCUT2D eigenvalue weighted by molar-refractivity contribution is 7.87. The van der Waals surface area contributed by atoms with E-state index in [4.69, 9.17) is 8.37 Å². The number of hydrogen-bond acceptors (Lipinski definition) is 6. The Morgan fingerprint density at radius 2 is 0.968 bits per heavy atom. The van der Waals surface area contributed by atoms with E-state index in [0.29, 0.717) is 32.1 Å². The number of rotatable bonds is 6. The molecule has 31 heavy (non-hydrogen) atoms. The lowest BCUT2D eigenvalue weighted by atomic mass is 9.69. The lowest BCUT2D eigenvalue weighted by molar-refractivity contribution is -0.0135. The summed E-state index contributed by atoms with van der Waals surface area (Å²) in [6, 6.07) is 13.3. The minimum Gasteiger partial charge on any atom is -0.263 e. The van der Waals surface area contributed by atoms with Crippen LogP contribution >= 0.6 is 0 Å². The van der Waals surface area contributed by atoms with Crippen molar-refractivity contribution in [3.63, 3.8) is 0 Å². The molecule has 0 amide bonds. The highest BCUT2D eigenvalue weighted by Gasteiger charge is 2.43. The van der Waals surface area contributed by atoms with E-state index in [1.54, 1.807) is 48.5 Å². The summed E-state index contributed by atoms with van der Waals surface area (Å²) in [4.78, 5) is 0.336. The van der Waals surface area contributed by atoms with Gasteiger partial charge in [-0.2, -0.15) is 16.8 Å². The summed E-state index contributed by atoms with van der Waals surface area (Å²) in [5.41, 5.74) is 1.97. The zero-order valence-corrected chi connectivity index (χ0v) is 19.4. The van der Waals surface area contributed by atoms with E-state index in [0.717, 1.165) is 11.1 Å². The van der Waals surface area contributed by atoms with E-state index >= 15 is 0 Å². The summed E-state index contributed by atoms with van der Waals surface area (Å²) in [7, 11) is -7.64. The largest absolute Gasteiger partial charge is 0.297 e. The maximum atomic E-state index is 12.7. The molecule has 2 aliphatic rings. The fraction of sp³-hybridized carbons (Fsp3) is 0.478. The summed E-state index contributed by atoms with van der Waals surface area (Å²) >= 11 is 0. The molecule has 2 bridgehead atoms. The molecule has 0 unspecified atom stereocenters. The van der Waals surface area contributed by atoms with Crippen LogP contribution in [-0.2, 0) is 28.6 Å². The van der Waals surface area contributed by atoms with Gasteiger partial charge < -0.3 is 0 Å². The Kier molecular flexibility index (Phi) is 6.27. The lowest BCUT2D eigenvalue weighted by Gasteiger charge is -2.43. The molecular weight excluding hydrogens is 436 g/mol. The Morgan fingerprint density at radius 3 is 1.32 bits per heavy atom. The zero-order chi connectivity index (χ0) is 22.2. The van der Waals surface area contributed by atoms with Gasteiger partial charge in [0, 0.05) is 0 Å². The summed E-state index contributed by atoms with van der Waals surface area (Å²) < 4.78 is 62.0. The predicted octanol–water partition coefficient (Wildman–Crippen LogP) is 4.36. The fourth-order valence-electron chi connectivity index (χ4n) is 4.63. The van der Waals surface area contributed by atoms with Gasteiger partial charge in [-0.1, -0.05) is 35.4 Å². The van der Waals surface area contributed by atoms with Gasteiger partial charge in [0.15, 0.2) is 0 Å². The third-order valence-electron chi connectivity index (χ3n) is 6.42. The van der Waals surface area contributed by atoms with Gasteiger partial charge in [0.05, 0.1) is 22.0 Å². The molecule has 2 aromatic rings. The van der Waals surface area contributed by atoms with E-state index in [-0.39, 0.29) is 33.8 Å². The molecule has 0 aromatic heterocycles. The Morgan fingerprint density at radius 1 is 0.613 bits per heavy atom. The molecule has 0 aliphatic heterocycles. The van der Waals surface area contributed by atoms with Gasteiger partial charge in [0.2, 0.25) is 0 Å². The van der Waals surface area contributed by atoms with Gasteiger partial charge in [-0.05, 0) is 82.1 Å². The maximum absolute atomic E-state index is 12.7. The number of hydrogen-bond donors (Lipinski definition) is 0. The first-order valence-corrected chi connectivity index (χ1v) is 13.5. The smallest absolute Gasteiger partial charge is 0.263 e. The average molecular weight is 465 g/mol. The predicted molar refractivity (Wildman–Crippen MR) is 117 cm³/mol. The van der Waals surface area contributed by atoms with Crippen molar-refractivity contribution in [2.75, 3.05) is 0 Å². The Hall–Kier alpha value is -1.74. The molecule has 0 radical (unpaired) electrons. The third kappa shape index (κ3) is 5.03. The van der Waals surface area contributed by atoms with Gasteiger partial charge in [-0.3, -0.25) is 8.37 Å². The molecule has 2 saturated carbocycles. The van der Waals surface area contributed by atoms with Crippen LogP contribution in [0.3, 0.4) is 0 Å². The van der Waals surface area contributed by atoms with Crippen molar-refractivity contribution in [3.05, 3.63) is 59.7 Å². The molecule has 4 rings (SSSR count). The van der Waals surface area contributed by atoms with Crippen LogP contribution < -0.4 is 0 Å². The fourth-order valence-corrected chi connectivity index (χ4v) is 6.95. The van der Waals surface area contributed by atoms with E-state index in [1.807, 2.05) is 13.8 Å². The maximum Gasteiger partial charge on any atom is 0.297 e. The first-order chi connectivity index (χ1) is 14.6. The molecule has 0 heterocycles. The zero-order valence-electron chi connectivity index (χ0n) is 17.7. The van der Waals surface area contributed by atoms with Crippen LogP contribution in [0.2, 0.25) is 0 Å². The topological polar surface area (TPSA) is 86.7 Å². The molecule has 6 nitrogen and oxygen atoms in total. The van der Waals surface area contributed by atoms with Crippen molar-refractivity contribution in [3.8, 4) is 0 Å². The molecule has 2 fully saturated rings. The van der Waals surface area contributed by atoms with Crippen molar-refractivity contribution < 1.29 is 25.2 Å². The Bertz CT molecular complexity index is 1030. The number of fused-ring (bicyclic) bond motifs is 2. The normalized spacial score (nSPS) is 26.5. The number of aryl methyl sites for hydroxylation is 2. The Balaban J connectivity index is 1.40. The van der Waals surface area contributed by atoms with E-state index in [2.05, 4.69) is 0 Å². The third-order valence-corrected chi connectivity index (χ3v) is 9.12. The van der Waals surface area contributed by atoms with E-state index < -0.39 is 20.2 Å². The summed E-state index contributed by atoms with van der Waals surface area (Å²) in [6.07, 6.45) is 2.46. The molecule has 2 aromatic carbocycles. The molecule has 2 aliphatic carbocycles. The van der Waals surface area contributed by atoms with Crippen LogP contribution in [0.1, 0.15) is 43.2 Å². The molecule has 168 valence electrons. The highest BCUT2D eigenvalue weighted by Crippen LogP contribution is 2.44. The van der Waals surface area contributed by atoms with Gasteiger partial charge in [-0.25, -0.2) is 0 Å².